The van der Waals surface area contributed by atoms with Crippen LogP contribution in [0.1, 0.15) is 18.9 Å². The van der Waals surface area contributed by atoms with Crippen LogP contribution in [0.3, 0.4) is 0 Å². The summed E-state index contributed by atoms with van der Waals surface area (Å²) in [7, 11) is 0. The molecule has 0 saturated carbocycles. The molecule has 1 aromatic heterocycles. The Hall–Kier alpha value is -2.28. The number of fused-ring (bicyclic) bond motifs is 1. The van der Waals surface area contributed by atoms with Crippen LogP contribution in [0.25, 0.3) is 17.1 Å². The van der Waals surface area contributed by atoms with Crippen molar-refractivity contribution < 1.29 is 0 Å². The molecule has 3 rings (SSSR count). The molecule has 1 heterocycles. The van der Waals surface area contributed by atoms with Crippen LogP contribution in [0.5, 0.6) is 0 Å². The van der Waals surface area contributed by atoms with Gasteiger partial charge in [-0.05, 0) is 42.8 Å². The monoisotopic (exact) mass is 261 g/mol. The first-order valence-electron chi connectivity index (χ1n) is 7.10. The van der Waals surface area contributed by atoms with Crippen molar-refractivity contribution in [3.63, 3.8) is 0 Å². The lowest BCUT2D eigenvalue weighted by molar-refractivity contribution is 0.939. The van der Waals surface area contributed by atoms with Gasteiger partial charge in [-0.25, -0.2) is 0 Å². The van der Waals surface area contributed by atoms with Crippen LogP contribution in [-0.2, 0) is 6.42 Å². The topological polar surface area (TPSA) is 4.93 Å². The predicted octanol–water partition coefficient (Wildman–Crippen LogP) is 5.13. The van der Waals surface area contributed by atoms with E-state index in [2.05, 4.69) is 84.6 Å². The lowest BCUT2D eigenvalue weighted by atomic mass is 10.1. The summed E-state index contributed by atoms with van der Waals surface area (Å²) in [6.45, 7) is 2.21. The highest BCUT2D eigenvalue weighted by Crippen LogP contribution is 2.17. The molecule has 1 nitrogen and oxygen atoms in total. The van der Waals surface area contributed by atoms with E-state index in [1.807, 2.05) is 0 Å². The minimum Gasteiger partial charge on any atom is -0.323 e. The summed E-state index contributed by atoms with van der Waals surface area (Å²) in [5.41, 5.74) is 4.07. The first-order chi connectivity index (χ1) is 9.83. The number of benzene rings is 2. The van der Waals surface area contributed by atoms with Crippen molar-refractivity contribution in [2.75, 3.05) is 0 Å². The molecular weight excluding hydrogens is 242 g/mol. The van der Waals surface area contributed by atoms with Gasteiger partial charge in [0.1, 0.15) is 0 Å². The molecule has 0 atom stereocenters. The fourth-order valence-electron chi connectivity index (χ4n) is 2.51. The number of hydrogen-bond acceptors (Lipinski definition) is 0. The van der Waals surface area contributed by atoms with Crippen LogP contribution in [0.15, 0.2) is 72.4 Å². The van der Waals surface area contributed by atoms with Gasteiger partial charge in [0.2, 0.25) is 0 Å². The van der Waals surface area contributed by atoms with E-state index < -0.39 is 0 Å². The van der Waals surface area contributed by atoms with Gasteiger partial charge in [-0.2, -0.15) is 0 Å². The molecule has 0 amide bonds. The molecule has 0 aliphatic carbocycles. The van der Waals surface area contributed by atoms with Gasteiger partial charge in [0, 0.05) is 12.4 Å². The Kier molecular flexibility index (Phi) is 3.69. The van der Waals surface area contributed by atoms with Crippen LogP contribution in [0.4, 0.5) is 0 Å². The Morgan fingerprint density at radius 2 is 1.70 bits per heavy atom. The number of allylic oxidation sites excluding steroid dienone is 1. The van der Waals surface area contributed by atoms with Crippen molar-refractivity contribution in [1.29, 1.82) is 0 Å². The average Bonchev–Trinajstić information content (AvgIpc) is 2.90. The molecule has 0 spiro atoms. The molecule has 100 valence electrons. The van der Waals surface area contributed by atoms with Crippen LogP contribution >= 0.6 is 0 Å². The van der Waals surface area contributed by atoms with Crippen LogP contribution in [-0.4, -0.2) is 4.57 Å². The van der Waals surface area contributed by atoms with Gasteiger partial charge < -0.3 is 4.57 Å². The Balaban J connectivity index is 1.75. The lowest BCUT2D eigenvalue weighted by Crippen LogP contribution is -1.89. The maximum Gasteiger partial charge on any atom is 0.0522 e. The zero-order valence-corrected chi connectivity index (χ0v) is 11.8. The highest BCUT2D eigenvalue weighted by atomic mass is 14.9. The third-order valence-electron chi connectivity index (χ3n) is 3.64. The molecule has 0 aliphatic heterocycles. The molecule has 0 bridgehead atoms. The van der Waals surface area contributed by atoms with Gasteiger partial charge in [-0.3, -0.25) is 0 Å². The molecule has 0 N–H and O–H groups in total. The van der Waals surface area contributed by atoms with E-state index in [4.69, 9.17) is 0 Å². The number of rotatable bonds is 4. The standard InChI is InChI=1S/C19H19N/c1-16(11-12-17-7-3-2-4-8-17)15-20-14-13-18-9-5-6-10-19(18)20/h2-10,13-15H,11-12H2,1H3/b16-15+. The van der Waals surface area contributed by atoms with Crippen molar-refractivity contribution in [2.24, 2.45) is 0 Å². The summed E-state index contributed by atoms with van der Waals surface area (Å²) in [4.78, 5) is 0. The van der Waals surface area contributed by atoms with Crippen molar-refractivity contribution in [1.82, 2.24) is 4.57 Å². The van der Waals surface area contributed by atoms with Crippen LogP contribution in [0, 0.1) is 0 Å². The summed E-state index contributed by atoms with van der Waals surface area (Å²) in [6, 6.07) is 21.3. The maximum atomic E-state index is 2.24. The number of aromatic nitrogens is 1. The third-order valence-corrected chi connectivity index (χ3v) is 3.64. The predicted molar refractivity (Wildman–Crippen MR) is 86.6 cm³/mol. The molecule has 1 heteroatoms. The van der Waals surface area contributed by atoms with Crippen molar-refractivity contribution in [3.05, 3.63) is 78.0 Å². The van der Waals surface area contributed by atoms with Crippen molar-refractivity contribution >= 4 is 17.1 Å². The Morgan fingerprint density at radius 1 is 0.950 bits per heavy atom. The highest BCUT2D eigenvalue weighted by molar-refractivity contribution is 5.81. The average molecular weight is 261 g/mol. The summed E-state index contributed by atoms with van der Waals surface area (Å²) >= 11 is 0. The summed E-state index contributed by atoms with van der Waals surface area (Å²) in [6.07, 6.45) is 6.57. The smallest absolute Gasteiger partial charge is 0.0522 e. The molecule has 0 aliphatic rings. The normalized spacial score (nSPS) is 11.9. The van der Waals surface area contributed by atoms with Gasteiger partial charge in [-0.15, -0.1) is 0 Å². The van der Waals surface area contributed by atoms with E-state index in [-0.39, 0.29) is 0 Å². The van der Waals surface area contributed by atoms with E-state index in [0.717, 1.165) is 12.8 Å². The van der Waals surface area contributed by atoms with E-state index >= 15 is 0 Å². The van der Waals surface area contributed by atoms with E-state index in [0.29, 0.717) is 0 Å². The number of nitrogens with zero attached hydrogens (tertiary/aromatic N) is 1. The largest absolute Gasteiger partial charge is 0.323 e. The van der Waals surface area contributed by atoms with E-state index in [1.54, 1.807) is 0 Å². The second kappa shape index (κ2) is 5.79. The highest BCUT2D eigenvalue weighted by Gasteiger charge is 1.99. The van der Waals surface area contributed by atoms with Gasteiger partial charge in [0.05, 0.1) is 5.52 Å². The first-order valence-corrected chi connectivity index (χ1v) is 7.10. The van der Waals surface area contributed by atoms with Crippen molar-refractivity contribution in [3.8, 4) is 0 Å². The first kappa shape index (κ1) is 12.7. The van der Waals surface area contributed by atoms with E-state index in [9.17, 15) is 0 Å². The van der Waals surface area contributed by atoms with Gasteiger partial charge >= 0.3 is 0 Å². The SMILES string of the molecule is C/C(=C\n1ccc2ccccc21)CCc1ccccc1. The summed E-state index contributed by atoms with van der Waals surface area (Å²) in [5, 5.41) is 1.29. The minimum atomic E-state index is 1.09. The second-order valence-electron chi connectivity index (χ2n) is 5.24. The number of aryl methyl sites for hydroxylation is 1. The van der Waals surface area contributed by atoms with Gasteiger partial charge in [0.15, 0.2) is 0 Å². The molecule has 3 aromatic rings. The number of hydrogen-bond donors (Lipinski definition) is 0. The summed E-state index contributed by atoms with van der Waals surface area (Å²) < 4.78 is 2.22. The molecule has 2 aromatic carbocycles. The second-order valence-corrected chi connectivity index (χ2v) is 5.24. The molecule has 0 unspecified atom stereocenters. The Morgan fingerprint density at radius 3 is 2.55 bits per heavy atom. The lowest BCUT2D eigenvalue weighted by Gasteiger charge is -2.04. The molecule has 0 fully saturated rings. The fraction of sp³-hybridized carbons (Fsp3) is 0.158. The zero-order chi connectivity index (χ0) is 13.8. The minimum absolute atomic E-state index is 1.09. The summed E-state index contributed by atoms with van der Waals surface area (Å²) in [5.74, 6) is 0. The van der Waals surface area contributed by atoms with Crippen LogP contribution < -0.4 is 0 Å². The quantitative estimate of drug-likeness (QED) is 0.613. The molecule has 20 heavy (non-hydrogen) atoms. The van der Waals surface area contributed by atoms with Crippen LogP contribution in [0.2, 0.25) is 0 Å². The third kappa shape index (κ3) is 2.83. The Labute approximate surface area is 120 Å². The molecule has 0 radical (unpaired) electrons. The maximum absolute atomic E-state index is 2.24. The molecular formula is C19H19N. The van der Waals surface area contributed by atoms with Crippen molar-refractivity contribution in [2.45, 2.75) is 19.8 Å². The zero-order valence-electron chi connectivity index (χ0n) is 11.8. The fourth-order valence-corrected chi connectivity index (χ4v) is 2.51. The van der Waals surface area contributed by atoms with Gasteiger partial charge in [-0.1, -0.05) is 54.1 Å². The molecule has 0 saturated heterocycles. The Bertz CT molecular complexity index is 720. The van der Waals surface area contributed by atoms with Gasteiger partial charge in [0.25, 0.3) is 0 Å². The number of para-hydroxylation sites is 1. The van der Waals surface area contributed by atoms with E-state index in [1.165, 1.54) is 22.0 Å².